The smallest absolute Gasteiger partial charge is 0.353 e. The maximum absolute atomic E-state index is 11.5. The number of rotatable bonds is 7. The fourth-order valence-corrected chi connectivity index (χ4v) is 3.52. The van der Waals surface area contributed by atoms with Crippen LogP contribution in [0.15, 0.2) is 18.0 Å². The van der Waals surface area contributed by atoms with Crippen molar-refractivity contribution >= 4 is 17.3 Å². The maximum Gasteiger partial charge on any atom is 0.353 e. The lowest BCUT2D eigenvalue weighted by Crippen LogP contribution is -2.18. The molecule has 2 N–H and O–H groups in total. The first-order valence-electron chi connectivity index (χ1n) is 8.92. The molecule has 0 amide bonds. The Labute approximate surface area is 142 Å². The number of allylic oxidation sites excluding steroid dienone is 1. The number of aromatic nitrogens is 2. The summed E-state index contributed by atoms with van der Waals surface area (Å²) in [6.07, 6.45) is 13.8. The number of nitrogens with one attached hydrogen (secondary N) is 2. The molecule has 130 valence electrons. The molecule has 1 saturated carbocycles. The fourth-order valence-electron chi connectivity index (χ4n) is 3.52. The normalized spacial score (nSPS) is 18.2. The van der Waals surface area contributed by atoms with Crippen molar-refractivity contribution in [3.8, 4) is 0 Å². The van der Waals surface area contributed by atoms with Gasteiger partial charge >= 0.3 is 5.69 Å². The second-order valence-corrected chi connectivity index (χ2v) is 6.59. The second kappa shape index (κ2) is 8.08. The molecule has 7 heteroatoms. The molecule has 2 aliphatic rings. The van der Waals surface area contributed by atoms with Gasteiger partial charge in [-0.25, -0.2) is 9.97 Å². The summed E-state index contributed by atoms with van der Waals surface area (Å²) in [5, 5.41) is 17.9. The molecule has 0 aromatic carbocycles. The van der Waals surface area contributed by atoms with E-state index in [4.69, 9.17) is 0 Å². The Morgan fingerprint density at radius 1 is 1.17 bits per heavy atom. The van der Waals surface area contributed by atoms with Crippen LogP contribution >= 0.6 is 0 Å². The molecule has 2 aliphatic carbocycles. The van der Waals surface area contributed by atoms with E-state index < -0.39 is 0 Å². The number of hydrogen-bond acceptors (Lipinski definition) is 6. The van der Waals surface area contributed by atoms with Crippen LogP contribution in [0.3, 0.4) is 0 Å². The second-order valence-electron chi connectivity index (χ2n) is 6.59. The molecule has 0 bridgehead atoms. The highest BCUT2D eigenvalue weighted by atomic mass is 16.6. The third-order valence-electron chi connectivity index (χ3n) is 4.82. The highest BCUT2D eigenvalue weighted by Gasteiger charge is 2.25. The molecule has 24 heavy (non-hydrogen) atoms. The van der Waals surface area contributed by atoms with E-state index in [0.717, 1.165) is 44.9 Å². The molecule has 0 atom stereocenters. The first-order valence-corrected chi connectivity index (χ1v) is 8.92. The van der Waals surface area contributed by atoms with E-state index >= 15 is 0 Å². The van der Waals surface area contributed by atoms with Crippen molar-refractivity contribution in [2.24, 2.45) is 0 Å². The quantitative estimate of drug-likeness (QED) is 0.445. The Morgan fingerprint density at radius 2 is 1.96 bits per heavy atom. The molecule has 0 saturated heterocycles. The number of nitro groups is 1. The van der Waals surface area contributed by atoms with Gasteiger partial charge in [-0.1, -0.05) is 24.5 Å². The summed E-state index contributed by atoms with van der Waals surface area (Å²) in [4.78, 5) is 19.3. The SMILES string of the molecule is O=[N+]([O-])c1c(NCCC2=CCCCC2)ncnc1NC1CCCC1. The molecular weight excluding hydrogens is 306 g/mol. The van der Waals surface area contributed by atoms with Crippen LogP contribution in [0.5, 0.6) is 0 Å². The molecule has 0 radical (unpaired) electrons. The molecule has 0 spiro atoms. The predicted molar refractivity (Wildman–Crippen MR) is 94.2 cm³/mol. The predicted octanol–water partition coefficient (Wildman–Crippen LogP) is 4.04. The largest absolute Gasteiger partial charge is 0.364 e. The first-order chi connectivity index (χ1) is 11.7. The highest BCUT2D eigenvalue weighted by Crippen LogP contribution is 2.32. The Morgan fingerprint density at radius 3 is 2.67 bits per heavy atom. The minimum absolute atomic E-state index is 0.0398. The molecule has 0 unspecified atom stereocenters. The van der Waals surface area contributed by atoms with E-state index in [2.05, 4.69) is 26.7 Å². The van der Waals surface area contributed by atoms with Crippen molar-refractivity contribution in [3.63, 3.8) is 0 Å². The van der Waals surface area contributed by atoms with Crippen molar-refractivity contribution in [2.75, 3.05) is 17.2 Å². The van der Waals surface area contributed by atoms with Gasteiger partial charge in [0.25, 0.3) is 0 Å². The van der Waals surface area contributed by atoms with Crippen LogP contribution in [0.2, 0.25) is 0 Å². The van der Waals surface area contributed by atoms with Gasteiger partial charge in [-0.15, -0.1) is 0 Å². The van der Waals surface area contributed by atoms with Gasteiger partial charge in [0.1, 0.15) is 6.33 Å². The van der Waals surface area contributed by atoms with Gasteiger partial charge in [0, 0.05) is 12.6 Å². The van der Waals surface area contributed by atoms with Crippen molar-refractivity contribution in [1.29, 1.82) is 0 Å². The van der Waals surface area contributed by atoms with Gasteiger partial charge in [-0.05, 0) is 44.9 Å². The Bertz CT molecular complexity index is 611. The van der Waals surface area contributed by atoms with E-state index in [1.807, 2.05) is 0 Å². The highest BCUT2D eigenvalue weighted by molar-refractivity contribution is 5.69. The minimum Gasteiger partial charge on any atom is -0.364 e. The number of nitrogens with zero attached hydrogens (tertiary/aromatic N) is 3. The number of anilines is 2. The van der Waals surface area contributed by atoms with E-state index in [1.165, 1.54) is 24.7 Å². The average Bonchev–Trinajstić information content (AvgIpc) is 3.09. The topological polar surface area (TPSA) is 93.0 Å². The summed E-state index contributed by atoms with van der Waals surface area (Å²) >= 11 is 0. The van der Waals surface area contributed by atoms with Crippen LogP contribution in [0.25, 0.3) is 0 Å². The van der Waals surface area contributed by atoms with Gasteiger partial charge in [0.05, 0.1) is 4.92 Å². The minimum atomic E-state index is -0.389. The Kier molecular flexibility index (Phi) is 5.61. The van der Waals surface area contributed by atoms with Crippen LogP contribution in [0.4, 0.5) is 17.3 Å². The van der Waals surface area contributed by atoms with Crippen LogP contribution in [-0.4, -0.2) is 27.5 Å². The van der Waals surface area contributed by atoms with Gasteiger partial charge < -0.3 is 10.6 Å². The van der Waals surface area contributed by atoms with Gasteiger partial charge in [-0.2, -0.15) is 0 Å². The van der Waals surface area contributed by atoms with Crippen LogP contribution < -0.4 is 10.6 Å². The monoisotopic (exact) mass is 331 g/mol. The van der Waals surface area contributed by atoms with E-state index in [9.17, 15) is 10.1 Å². The van der Waals surface area contributed by atoms with Crippen LogP contribution in [0, 0.1) is 10.1 Å². The van der Waals surface area contributed by atoms with Gasteiger partial charge in [-0.3, -0.25) is 10.1 Å². The van der Waals surface area contributed by atoms with E-state index in [1.54, 1.807) is 0 Å². The Hall–Kier alpha value is -2.18. The molecule has 3 rings (SSSR count). The van der Waals surface area contributed by atoms with E-state index in [0.29, 0.717) is 18.2 Å². The summed E-state index contributed by atoms with van der Waals surface area (Å²) < 4.78 is 0. The van der Waals surface area contributed by atoms with Gasteiger partial charge in [0.15, 0.2) is 0 Å². The molecular formula is C17H25N5O2. The average molecular weight is 331 g/mol. The first kappa shape index (κ1) is 16.7. The standard InChI is InChI=1S/C17H25N5O2/c23-22(24)15-16(18-11-10-13-6-2-1-3-7-13)19-12-20-17(15)21-14-8-4-5-9-14/h6,12,14H,1-5,7-11H2,(H2,18,19,20,21). The zero-order valence-corrected chi connectivity index (χ0v) is 14.0. The van der Waals surface area contributed by atoms with Crippen LogP contribution in [0.1, 0.15) is 57.8 Å². The lowest BCUT2D eigenvalue weighted by Gasteiger charge is -2.15. The molecule has 1 fully saturated rings. The summed E-state index contributed by atoms with van der Waals surface area (Å²) in [6, 6.07) is 0.277. The lowest BCUT2D eigenvalue weighted by atomic mass is 9.97. The molecule has 1 heterocycles. The third-order valence-corrected chi connectivity index (χ3v) is 4.82. The summed E-state index contributed by atoms with van der Waals surface area (Å²) in [5.74, 6) is 0.646. The Balaban J connectivity index is 1.67. The van der Waals surface area contributed by atoms with Crippen LogP contribution in [-0.2, 0) is 0 Å². The van der Waals surface area contributed by atoms with E-state index in [-0.39, 0.29) is 16.7 Å². The molecule has 1 aromatic heterocycles. The zero-order valence-electron chi connectivity index (χ0n) is 14.0. The summed E-state index contributed by atoms with van der Waals surface area (Å²) in [5.41, 5.74) is 1.40. The zero-order chi connectivity index (χ0) is 16.8. The summed E-state index contributed by atoms with van der Waals surface area (Å²) in [6.45, 7) is 0.659. The van der Waals surface area contributed by atoms with Crippen molar-refractivity contribution in [3.05, 3.63) is 28.1 Å². The fraction of sp³-hybridized carbons (Fsp3) is 0.647. The van der Waals surface area contributed by atoms with Crippen molar-refractivity contribution in [2.45, 2.75) is 63.8 Å². The maximum atomic E-state index is 11.5. The molecule has 1 aromatic rings. The molecule has 7 nitrogen and oxygen atoms in total. The van der Waals surface area contributed by atoms with Crippen molar-refractivity contribution < 1.29 is 4.92 Å². The summed E-state index contributed by atoms with van der Waals surface area (Å²) in [7, 11) is 0. The third kappa shape index (κ3) is 4.21. The van der Waals surface area contributed by atoms with Crippen molar-refractivity contribution in [1.82, 2.24) is 9.97 Å². The molecule has 0 aliphatic heterocycles. The lowest BCUT2D eigenvalue weighted by molar-refractivity contribution is -0.383. The number of hydrogen-bond donors (Lipinski definition) is 2. The van der Waals surface area contributed by atoms with Gasteiger partial charge in [0.2, 0.25) is 11.6 Å².